The SMILES string of the molecule is CCN(Cc1ccco1)C(=O)CCC(C)(C)N. The summed E-state index contributed by atoms with van der Waals surface area (Å²) in [6, 6.07) is 3.71. The molecule has 0 aromatic carbocycles. The second-order valence-corrected chi connectivity index (χ2v) is 4.98. The molecule has 96 valence electrons. The van der Waals surface area contributed by atoms with Gasteiger partial charge in [0.1, 0.15) is 5.76 Å². The second kappa shape index (κ2) is 5.87. The van der Waals surface area contributed by atoms with Gasteiger partial charge in [-0.1, -0.05) is 0 Å². The van der Waals surface area contributed by atoms with Crippen molar-refractivity contribution in [2.24, 2.45) is 5.73 Å². The van der Waals surface area contributed by atoms with Gasteiger partial charge >= 0.3 is 0 Å². The molecule has 0 aliphatic rings. The first-order valence-electron chi connectivity index (χ1n) is 6.01. The summed E-state index contributed by atoms with van der Waals surface area (Å²) >= 11 is 0. The van der Waals surface area contributed by atoms with Gasteiger partial charge < -0.3 is 15.1 Å². The minimum Gasteiger partial charge on any atom is -0.467 e. The molecule has 0 saturated carbocycles. The molecule has 0 spiro atoms. The first kappa shape index (κ1) is 13.8. The second-order valence-electron chi connectivity index (χ2n) is 4.98. The molecule has 1 rings (SSSR count). The van der Waals surface area contributed by atoms with E-state index in [0.717, 1.165) is 5.76 Å². The van der Waals surface area contributed by atoms with Crippen molar-refractivity contribution in [3.8, 4) is 0 Å². The first-order chi connectivity index (χ1) is 7.92. The van der Waals surface area contributed by atoms with Crippen molar-refractivity contribution in [3.05, 3.63) is 24.2 Å². The minimum absolute atomic E-state index is 0.127. The number of furan rings is 1. The molecule has 4 nitrogen and oxygen atoms in total. The monoisotopic (exact) mass is 238 g/mol. The number of nitrogens with two attached hydrogens (primary N) is 1. The Labute approximate surface area is 103 Å². The van der Waals surface area contributed by atoms with E-state index in [1.165, 1.54) is 0 Å². The van der Waals surface area contributed by atoms with Crippen molar-refractivity contribution in [1.82, 2.24) is 4.90 Å². The highest BCUT2D eigenvalue weighted by molar-refractivity contribution is 5.76. The number of rotatable bonds is 6. The highest BCUT2D eigenvalue weighted by Crippen LogP contribution is 2.11. The molecule has 0 aliphatic carbocycles. The predicted molar refractivity (Wildman–Crippen MR) is 67.3 cm³/mol. The zero-order chi connectivity index (χ0) is 12.9. The molecule has 4 heteroatoms. The summed E-state index contributed by atoms with van der Waals surface area (Å²) in [7, 11) is 0. The molecule has 1 heterocycles. The number of hydrogen-bond acceptors (Lipinski definition) is 3. The van der Waals surface area contributed by atoms with E-state index in [9.17, 15) is 4.79 Å². The van der Waals surface area contributed by atoms with Crippen LogP contribution in [0.3, 0.4) is 0 Å². The van der Waals surface area contributed by atoms with Gasteiger partial charge in [-0.05, 0) is 39.3 Å². The van der Waals surface area contributed by atoms with Crippen molar-refractivity contribution < 1.29 is 9.21 Å². The summed E-state index contributed by atoms with van der Waals surface area (Å²) in [5.41, 5.74) is 5.58. The maximum Gasteiger partial charge on any atom is 0.223 e. The van der Waals surface area contributed by atoms with Crippen LogP contribution in [0.25, 0.3) is 0 Å². The van der Waals surface area contributed by atoms with Gasteiger partial charge in [-0.2, -0.15) is 0 Å². The topological polar surface area (TPSA) is 59.5 Å². The molecule has 1 aromatic rings. The number of hydrogen-bond donors (Lipinski definition) is 1. The van der Waals surface area contributed by atoms with Gasteiger partial charge in [0.15, 0.2) is 0 Å². The van der Waals surface area contributed by atoms with Gasteiger partial charge in [-0.3, -0.25) is 4.79 Å². The third-order valence-electron chi connectivity index (χ3n) is 2.64. The summed E-state index contributed by atoms with van der Waals surface area (Å²) in [4.78, 5) is 13.8. The Morgan fingerprint density at radius 1 is 1.53 bits per heavy atom. The van der Waals surface area contributed by atoms with Crippen LogP contribution in [-0.4, -0.2) is 22.9 Å². The number of amides is 1. The minimum atomic E-state index is -0.292. The van der Waals surface area contributed by atoms with E-state index >= 15 is 0 Å². The molecule has 1 aromatic heterocycles. The lowest BCUT2D eigenvalue weighted by molar-refractivity contribution is -0.132. The van der Waals surface area contributed by atoms with Gasteiger partial charge in [0.25, 0.3) is 0 Å². The van der Waals surface area contributed by atoms with Crippen molar-refractivity contribution in [3.63, 3.8) is 0 Å². The van der Waals surface area contributed by atoms with E-state index in [0.29, 0.717) is 25.9 Å². The fourth-order valence-electron chi connectivity index (χ4n) is 1.55. The normalized spacial score (nSPS) is 11.5. The summed E-state index contributed by atoms with van der Waals surface area (Å²) in [6.07, 6.45) is 2.80. The van der Waals surface area contributed by atoms with Gasteiger partial charge in [-0.25, -0.2) is 0 Å². The Balaban J connectivity index is 2.47. The number of nitrogens with zero attached hydrogens (tertiary/aromatic N) is 1. The Morgan fingerprint density at radius 3 is 2.71 bits per heavy atom. The van der Waals surface area contributed by atoms with Crippen LogP contribution in [0.1, 0.15) is 39.4 Å². The lowest BCUT2D eigenvalue weighted by Crippen LogP contribution is -2.36. The maximum absolute atomic E-state index is 12.0. The Hall–Kier alpha value is -1.29. The van der Waals surface area contributed by atoms with Crippen LogP contribution in [0, 0.1) is 0 Å². The number of carbonyl (C=O) groups is 1. The molecule has 0 aliphatic heterocycles. The highest BCUT2D eigenvalue weighted by Gasteiger charge is 2.17. The zero-order valence-electron chi connectivity index (χ0n) is 10.9. The molecule has 2 N–H and O–H groups in total. The number of carbonyl (C=O) groups excluding carboxylic acids is 1. The molecular formula is C13H22N2O2. The van der Waals surface area contributed by atoms with E-state index in [1.807, 2.05) is 32.9 Å². The summed E-state index contributed by atoms with van der Waals surface area (Å²) in [5.74, 6) is 0.939. The first-order valence-corrected chi connectivity index (χ1v) is 6.01. The Bertz CT molecular complexity index is 339. The molecule has 0 bridgehead atoms. The van der Waals surface area contributed by atoms with Crippen molar-refractivity contribution in [2.45, 2.75) is 45.7 Å². The van der Waals surface area contributed by atoms with Crippen LogP contribution >= 0.6 is 0 Å². The van der Waals surface area contributed by atoms with Crippen LogP contribution in [0.2, 0.25) is 0 Å². The van der Waals surface area contributed by atoms with Gasteiger partial charge in [0.2, 0.25) is 5.91 Å². The van der Waals surface area contributed by atoms with Crippen LogP contribution in [0.15, 0.2) is 22.8 Å². The third kappa shape index (κ3) is 5.04. The van der Waals surface area contributed by atoms with E-state index in [4.69, 9.17) is 10.2 Å². The van der Waals surface area contributed by atoms with Crippen LogP contribution < -0.4 is 5.73 Å². The maximum atomic E-state index is 12.0. The Morgan fingerprint density at radius 2 is 2.24 bits per heavy atom. The average Bonchev–Trinajstić information content (AvgIpc) is 2.74. The molecule has 0 radical (unpaired) electrons. The Kier molecular flexibility index (Phi) is 4.75. The summed E-state index contributed by atoms with van der Waals surface area (Å²) in [6.45, 7) is 7.05. The van der Waals surface area contributed by atoms with Crippen LogP contribution in [-0.2, 0) is 11.3 Å². The van der Waals surface area contributed by atoms with Gasteiger partial charge in [0.05, 0.1) is 12.8 Å². The van der Waals surface area contributed by atoms with Crippen molar-refractivity contribution in [2.75, 3.05) is 6.54 Å². The lowest BCUT2D eigenvalue weighted by Gasteiger charge is -2.23. The van der Waals surface area contributed by atoms with E-state index < -0.39 is 0 Å². The molecule has 17 heavy (non-hydrogen) atoms. The molecule has 0 saturated heterocycles. The van der Waals surface area contributed by atoms with Crippen molar-refractivity contribution in [1.29, 1.82) is 0 Å². The highest BCUT2D eigenvalue weighted by atomic mass is 16.3. The average molecular weight is 238 g/mol. The predicted octanol–water partition coefficient (Wildman–Crippen LogP) is 2.15. The molecule has 0 unspecified atom stereocenters. The quantitative estimate of drug-likeness (QED) is 0.826. The van der Waals surface area contributed by atoms with Gasteiger partial charge in [0, 0.05) is 18.5 Å². The smallest absolute Gasteiger partial charge is 0.223 e. The zero-order valence-corrected chi connectivity index (χ0v) is 10.9. The molecular weight excluding hydrogens is 216 g/mol. The fraction of sp³-hybridized carbons (Fsp3) is 0.615. The van der Waals surface area contributed by atoms with Crippen molar-refractivity contribution >= 4 is 5.91 Å². The van der Waals surface area contributed by atoms with E-state index in [-0.39, 0.29) is 11.4 Å². The summed E-state index contributed by atoms with van der Waals surface area (Å²) in [5, 5.41) is 0. The lowest BCUT2D eigenvalue weighted by atomic mass is 10.00. The molecule has 0 fully saturated rings. The van der Waals surface area contributed by atoms with Crippen LogP contribution in [0.5, 0.6) is 0 Å². The molecule has 0 atom stereocenters. The van der Waals surface area contributed by atoms with E-state index in [2.05, 4.69) is 0 Å². The van der Waals surface area contributed by atoms with Crippen LogP contribution in [0.4, 0.5) is 0 Å². The molecule has 1 amide bonds. The van der Waals surface area contributed by atoms with E-state index in [1.54, 1.807) is 11.2 Å². The fourth-order valence-corrected chi connectivity index (χ4v) is 1.55. The third-order valence-corrected chi connectivity index (χ3v) is 2.64. The summed E-state index contributed by atoms with van der Waals surface area (Å²) < 4.78 is 5.24. The standard InChI is InChI=1S/C13H22N2O2/c1-4-15(10-11-6-5-9-17-11)12(16)7-8-13(2,3)14/h5-6,9H,4,7-8,10,14H2,1-3H3. The van der Waals surface area contributed by atoms with Gasteiger partial charge in [-0.15, -0.1) is 0 Å². The largest absolute Gasteiger partial charge is 0.467 e.